The fraction of sp³-hybridized carbons (Fsp3) is 0.208. The highest BCUT2D eigenvalue weighted by atomic mass is 32.1. The molecule has 0 saturated carbocycles. The van der Waals surface area contributed by atoms with Crippen molar-refractivity contribution in [2.75, 3.05) is 5.32 Å². The Balaban J connectivity index is 1.77. The number of allylic oxidation sites excluding steroid dienone is 1. The van der Waals surface area contributed by atoms with Gasteiger partial charge in [-0.25, -0.2) is 4.98 Å². The van der Waals surface area contributed by atoms with Crippen molar-refractivity contribution >= 4 is 28.4 Å². The lowest BCUT2D eigenvalue weighted by atomic mass is 10.0. The van der Waals surface area contributed by atoms with E-state index in [4.69, 9.17) is 0 Å². The van der Waals surface area contributed by atoms with Crippen LogP contribution in [0.4, 0.5) is 5.69 Å². The number of ketones is 1. The molecule has 1 heterocycles. The molecular formula is C24H23N3OS. The number of rotatable bonds is 7. The minimum Gasteiger partial charge on any atom is -0.360 e. The average molecular weight is 402 g/mol. The van der Waals surface area contributed by atoms with Crippen molar-refractivity contribution in [1.82, 2.24) is 4.98 Å². The van der Waals surface area contributed by atoms with Crippen LogP contribution in [0.1, 0.15) is 41.7 Å². The molecule has 5 heteroatoms. The molecule has 3 aromatic rings. The van der Waals surface area contributed by atoms with Crippen LogP contribution in [0.25, 0.3) is 16.8 Å². The van der Waals surface area contributed by atoms with Crippen molar-refractivity contribution in [2.24, 2.45) is 5.92 Å². The number of hydrogen-bond donors (Lipinski definition) is 1. The van der Waals surface area contributed by atoms with Crippen molar-refractivity contribution in [2.45, 2.75) is 27.2 Å². The lowest BCUT2D eigenvalue weighted by Crippen LogP contribution is -1.95. The minimum absolute atomic E-state index is 0.00196. The number of nitrogens with one attached hydrogen (secondary N) is 1. The molecule has 0 spiro atoms. The van der Waals surface area contributed by atoms with Crippen LogP contribution >= 0.6 is 11.3 Å². The molecule has 0 aliphatic carbocycles. The average Bonchev–Trinajstić information content (AvgIpc) is 3.19. The van der Waals surface area contributed by atoms with Gasteiger partial charge in [0.2, 0.25) is 0 Å². The fourth-order valence-electron chi connectivity index (χ4n) is 2.94. The number of aromatic nitrogens is 1. The first-order chi connectivity index (χ1) is 14.0. The van der Waals surface area contributed by atoms with Crippen molar-refractivity contribution in [3.63, 3.8) is 0 Å². The molecule has 0 amide bonds. The molecule has 0 unspecified atom stereocenters. The smallest absolute Gasteiger partial charge is 0.159 e. The van der Waals surface area contributed by atoms with Gasteiger partial charge in [-0.1, -0.05) is 50.2 Å². The van der Waals surface area contributed by atoms with Gasteiger partial charge in [-0.2, -0.15) is 5.26 Å². The number of carbonyl (C=O) groups excluding carboxylic acids is 1. The molecule has 0 radical (unpaired) electrons. The Morgan fingerprint density at radius 1 is 1.24 bits per heavy atom. The van der Waals surface area contributed by atoms with Crippen molar-refractivity contribution < 1.29 is 4.79 Å². The maximum atomic E-state index is 11.5. The first-order valence-electron chi connectivity index (χ1n) is 9.49. The Bertz CT molecular complexity index is 1070. The standard InChI is InChI=1S/C24H23N3OS/c1-16(2)11-18-7-9-19(10-8-18)23-15-29-24(27-23)21(13-25)14-26-22-6-4-5-20(12-22)17(3)28/h4-10,12,14-16,26H,11H2,1-3H3/b21-14+. The van der Waals surface area contributed by atoms with Gasteiger partial charge in [0.1, 0.15) is 16.6 Å². The van der Waals surface area contributed by atoms with Gasteiger partial charge >= 0.3 is 0 Å². The second kappa shape index (κ2) is 9.31. The largest absolute Gasteiger partial charge is 0.360 e. The summed E-state index contributed by atoms with van der Waals surface area (Å²) in [5.41, 5.74) is 5.04. The highest BCUT2D eigenvalue weighted by molar-refractivity contribution is 7.11. The maximum absolute atomic E-state index is 11.5. The van der Waals surface area contributed by atoms with Gasteiger partial charge in [0, 0.05) is 28.4 Å². The number of benzene rings is 2. The zero-order valence-electron chi connectivity index (χ0n) is 16.8. The first-order valence-corrected chi connectivity index (χ1v) is 10.4. The second-order valence-corrected chi connectivity index (χ2v) is 8.14. The van der Waals surface area contributed by atoms with E-state index in [1.54, 1.807) is 18.3 Å². The van der Waals surface area contributed by atoms with Crippen LogP contribution in [0.15, 0.2) is 60.1 Å². The van der Waals surface area contributed by atoms with E-state index in [0.717, 1.165) is 23.4 Å². The second-order valence-electron chi connectivity index (χ2n) is 7.28. The number of Topliss-reactive ketones (excluding diaryl/α,β-unsaturated/α-hetero) is 1. The molecule has 3 rings (SSSR count). The van der Waals surface area contributed by atoms with E-state index in [0.29, 0.717) is 22.1 Å². The molecule has 1 N–H and O–H groups in total. The van der Waals surface area contributed by atoms with Gasteiger partial charge in [0.25, 0.3) is 0 Å². The van der Waals surface area contributed by atoms with E-state index >= 15 is 0 Å². The molecule has 0 fully saturated rings. The van der Waals surface area contributed by atoms with E-state index in [1.165, 1.54) is 23.8 Å². The van der Waals surface area contributed by atoms with Crippen LogP contribution in [-0.2, 0) is 6.42 Å². The summed E-state index contributed by atoms with van der Waals surface area (Å²) < 4.78 is 0. The van der Waals surface area contributed by atoms with Crippen LogP contribution < -0.4 is 5.32 Å². The Morgan fingerprint density at radius 3 is 2.66 bits per heavy atom. The number of carbonyl (C=O) groups is 1. The van der Waals surface area contributed by atoms with Gasteiger partial charge in [0.05, 0.1) is 5.69 Å². The Hall–Kier alpha value is -3.23. The predicted octanol–water partition coefficient (Wildman–Crippen LogP) is 6.19. The molecule has 2 aromatic carbocycles. The molecule has 29 heavy (non-hydrogen) atoms. The van der Waals surface area contributed by atoms with Gasteiger partial charge in [-0.15, -0.1) is 11.3 Å². The van der Waals surface area contributed by atoms with E-state index in [-0.39, 0.29) is 5.78 Å². The van der Waals surface area contributed by atoms with Gasteiger partial charge in [-0.3, -0.25) is 4.79 Å². The van der Waals surface area contributed by atoms with Gasteiger partial charge in [0.15, 0.2) is 5.78 Å². The zero-order valence-corrected chi connectivity index (χ0v) is 17.6. The Labute approximate surface area is 175 Å². The summed E-state index contributed by atoms with van der Waals surface area (Å²) in [4.78, 5) is 16.2. The van der Waals surface area contributed by atoms with Crippen LogP contribution in [0.2, 0.25) is 0 Å². The normalized spacial score (nSPS) is 11.3. The van der Waals surface area contributed by atoms with Crippen LogP contribution in [0.3, 0.4) is 0 Å². The third-order valence-corrected chi connectivity index (χ3v) is 5.28. The van der Waals surface area contributed by atoms with Crippen LogP contribution in [0, 0.1) is 17.2 Å². The van der Waals surface area contributed by atoms with Crippen molar-refractivity contribution in [3.05, 3.63) is 76.2 Å². The topological polar surface area (TPSA) is 65.8 Å². The van der Waals surface area contributed by atoms with Crippen LogP contribution in [0.5, 0.6) is 0 Å². The molecule has 0 bridgehead atoms. The molecule has 1 aromatic heterocycles. The Morgan fingerprint density at radius 2 is 2.00 bits per heavy atom. The van der Waals surface area contributed by atoms with E-state index in [2.05, 4.69) is 54.5 Å². The van der Waals surface area contributed by atoms with Crippen molar-refractivity contribution in [1.29, 1.82) is 5.26 Å². The van der Waals surface area contributed by atoms with E-state index in [9.17, 15) is 10.1 Å². The third-order valence-electron chi connectivity index (χ3n) is 4.40. The monoisotopic (exact) mass is 401 g/mol. The van der Waals surface area contributed by atoms with Gasteiger partial charge in [-0.05, 0) is 37.0 Å². The van der Waals surface area contributed by atoms with E-state index < -0.39 is 0 Å². The molecule has 0 aliphatic rings. The number of thiazole rings is 1. The zero-order chi connectivity index (χ0) is 20.8. The summed E-state index contributed by atoms with van der Waals surface area (Å²) in [6.45, 7) is 5.95. The summed E-state index contributed by atoms with van der Waals surface area (Å²) in [6.07, 6.45) is 2.69. The van der Waals surface area contributed by atoms with E-state index in [1.807, 2.05) is 17.5 Å². The number of hydrogen-bond acceptors (Lipinski definition) is 5. The summed E-state index contributed by atoms with van der Waals surface area (Å²) in [5, 5.41) is 15.3. The number of nitriles is 1. The number of nitrogens with zero attached hydrogens (tertiary/aromatic N) is 2. The highest BCUT2D eigenvalue weighted by Crippen LogP contribution is 2.27. The molecule has 0 atom stereocenters. The Kier molecular flexibility index (Phi) is 6.58. The minimum atomic E-state index is 0.00196. The van der Waals surface area contributed by atoms with Crippen LogP contribution in [-0.4, -0.2) is 10.8 Å². The molecule has 146 valence electrons. The quantitative estimate of drug-likeness (QED) is 0.379. The first kappa shape index (κ1) is 20.5. The summed E-state index contributed by atoms with van der Waals surface area (Å²) in [6, 6.07) is 17.8. The fourth-order valence-corrected chi connectivity index (χ4v) is 3.73. The van der Waals surface area contributed by atoms with Gasteiger partial charge < -0.3 is 5.32 Å². The SMILES string of the molecule is CC(=O)c1cccc(N/C=C(\C#N)c2nc(-c3ccc(CC(C)C)cc3)cs2)c1. The summed E-state index contributed by atoms with van der Waals surface area (Å²) in [7, 11) is 0. The molecule has 4 nitrogen and oxygen atoms in total. The molecular weight excluding hydrogens is 378 g/mol. The lowest BCUT2D eigenvalue weighted by Gasteiger charge is -2.05. The molecule has 0 aliphatic heterocycles. The summed E-state index contributed by atoms with van der Waals surface area (Å²) in [5.74, 6) is 0.626. The lowest BCUT2D eigenvalue weighted by molar-refractivity contribution is 0.101. The third kappa shape index (κ3) is 5.40. The van der Waals surface area contributed by atoms with Crippen molar-refractivity contribution in [3.8, 4) is 17.3 Å². The summed E-state index contributed by atoms with van der Waals surface area (Å²) >= 11 is 1.44. The molecule has 0 saturated heterocycles. The maximum Gasteiger partial charge on any atom is 0.159 e. The number of anilines is 1. The predicted molar refractivity (Wildman–Crippen MR) is 120 cm³/mol. The highest BCUT2D eigenvalue weighted by Gasteiger charge is 2.09.